The Bertz CT molecular complexity index is 557. The third-order valence-electron chi connectivity index (χ3n) is 2.02. The number of aromatic amines is 1. The van der Waals surface area contributed by atoms with Crippen LogP contribution in [-0.2, 0) is 0 Å². The molecule has 0 aliphatic carbocycles. The zero-order chi connectivity index (χ0) is 11.0. The number of hydrogen-bond donors (Lipinski definition) is 1. The van der Waals surface area contributed by atoms with Gasteiger partial charge in [0, 0.05) is 10.4 Å². The molecule has 0 aliphatic heterocycles. The summed E-state index contributed by atoms with van der Waals surface area (Å²) in [5.74, 6) is -0.917. The fourth-order valence-corrected chi connectivity index (χ4v) is 2.52. The lowest BCUT2D eigenvalue weighted by Crippen LogP contribution is -1.88. The second-order valence-corrected chi connectivity index (χ2v) is 4.96. The first-order chi connectivity index (χ1) is 7.08. The number of thiazole rings is 1. The van der Waals surface area contributed by atoms with E-state index in [4.69, 9.17) is 12.2 Å². The summed E-state index contributed by atoms with van der Waals surface area (Å²) in [6.07, 6.45) is 0. The standard InChI is InChI=1S/C10H7F2NS2/c1-5-9(13-10(14)15-5)7-4-6(11)2-3-8(7)12/h2-4H,1H3,(H,13,14). The van der Waals surface area contributed by atoms with Crippen molar-refractivity contribution in [1.82, 2.24) is 4.98 Å². The van der Waals surface area contributed by atoms with E-state index < -0.39 is 11.6 Å². The van der Waals surface area contributed by atoms with E-state index in [2.05, 4.69) is 4.98 Å². The molecule has 1 N–H and O–H groups in total. The summed E-state index contributed by atoms with van der Waals surface area (Å²) in [6.45, 7) is 1.82. The highest BCUT2D eigenvalue weighted by molar-refractivity contribution is 7.73. The molecule has 0 saturated carbocycles. The molecule has 78 valence electrons. The number of nitrogens with one attached hydrogen (secondary N) is 1. The number of hydrogen-bond acceptors (Lipinski definition) is 2. The summed E-state index contributed by atoms with van der Waals surface area (Å²) < 4.78 is 27.0. The van der Waals surface area contributed by atoms with Crippen LogP contribution in [0.25, 0.3) is 11.3 Å². The normalized spacial score (nSPS) is 10.6. The van der Waals surface area contributed by atoms with Gasteiger partial charge in [-0.25, -0.2) is 8.78 Å². The molecule has 0 fully saturated rings. The van der Waals surface area contributed by atoms with Crippen molar-refractivity contribution in [2.75, 3.05) is 0 Å². The van der Waals surface area contributed by atoms with Crippen molar-refractivity contribution in [3.63, 3.8) is 0 Å². The maximum atomic E-state index is 13.4. The summed E-state index contributed by atoms with van der Waals surface area (Å²) in [5, 5.41) is 0. The van der Waals surface area contributed by atoms with Gasteiger partial charge < -0.3 is 4.98 Å². The molecule has 1 heterocycles. The van der Waals surface area contributed by atoms with Gasteiger partial charge in [-0.1, -0.05) is 0 Å². The SMILES string of the molecule is Cc1sc(=S)[nH]c1-c1cc(F)ccc1F. The molecule has 0 amide bonds. The summed E-state index contributed by atoms with van der Waals surface area (Å²) >= 11 is 6.29. The average molecular weight is 243 g/mol. The number of H-pyrrole nitrogens is 1. The number of aryl methyl sites for hydroxylation is 1. The van der Waals surface area contributed by atoms with Crippen molar-refractivity contribution in [2.45, 2.75) is 6.92 Å². The van der Waals surface area contributed by atoms with Gasteiger partial charge in [0.1, 0.15) is 11.6 Å². The molecule has 0 saturated heterocycles. The number of halogens is 2. The Morgan fingerprint density at radius 3 is 2.67 bits per heavy atom. The predicted molar refractivity (Wildman–Crippen MR) is 59.6 cm³/mol. The van der Waals surface area contributed by atoms with Crippen LogP contribution in [0.1, 0.15) is 4.88 Å². The molecule has 15 heavy (non-hydrogen) atoms. The molecule has 1 aromatic carbocycles. The minimum atomic E-state index is -0.462. The minimum absolute atomic E-state index is 0.222. The molecule has 2 aromatic rings. The van der Waals surface area contributed by atoms with Crippen molar-refractivity contribution in [1.29, 1.82) is 0 Å². The second-order valence-electron chi connectivity index (χ2n) is 3.07. The van der Waals surface area contributed by atoms with Crippen molar-refractivity contribution >= 4 is 23.6 Å². The monoisotopic (exact) mass is 243 g/mol. The van der Waals surface area contributed by atoms with E-state index >= 15 is 0 Å². The molecular formula is C10H7F2NS2. The molecule has 5 heteroatoms. The highest BCUT2D eigenvalue weighted by Gasteiger charge is 2.11. The predicted octanol–water partition coefficient (Wildman–Crippen LogP) is 4.06. The van der Waals surface area contributed by atoms with E-state index in [1.165, 1.54) is 11.3 Å². The van der Waals surface area contributed by atoms with Crippen LogP contribution in [0.3, 0.4) is 0 Å². The van der Waals surface area contributed by atoms with Crippen LogP contribution in [0.2, 0.25) is 0 Å². The molecule has 0 aliphatic rings. The van der Waals surface area contributed by atoms with Crippen LogP contribution in [-0.4, -0.2) is 4.98 Å². The molecule has 0 spiro atoms. The van der Waals surface area contributed by atoms with E-state index in [0.29, 0.717) is 9.65 Å². The van der Waals surface area contributed by atoms with Gasteiger partial charge in [0.25, 0.3) is 0 Å². The van der Waals surface area contributed by atoms with Crippen molar-refractivity contribution in [2.24, 2.45) is 0 Å². The van der Waals surface area contributed by atoms with E-state index in [0.717, 1.165) is 23.1 Å². The summed E-state index contributed by atoms with van der Waals surface area (Å²) in [6, 6.07) is 3.36. The highest BCUT2D eigenvalue weighted by atomic mass is 32.1. The second kappa shape index (κ2) is 3.83. The molecule has 0 atom stereocenters. The van der Waals surface area contributed by atoms with Gasteiger partial charge >= 0.3 is 0 Å². The molecule has 1 aromatic heterocycles. The van der Waals surface area contributed by atoms with E-state index in [1.807, 2.05) is 6.92 Å². The first-order valence-electron chi connectivity index (χ1n) is 4.23. The average Bonchev–Trinajstić information content (AvgIpc) is 2.50. The Labute approximate surface area is 94.4 Å². The zero-order valence-electron chi connectivity index (χ0n) is 7.80. The largest absolute Gasteiger partial charge is 0.337 e. The summed E-state index contributed by atoms with van der Waals surface area (Å²) in [5.41, 5.74) is 0.779. The topological polar surface area (TPSA) is 15.8 Å². The van der Waals surface area contributed by atoms with E-state index in [1.54, 1.807) is 0 Å². The number of rotatable bonds is 1. The van der Waals surface area contributed by atoms with Crippen molar-refractivity contribution < 1.29 is 8.78 Å². The molecule has 0 bridgehead atoms. The fraction of sp³-hybridized carbons (Fsp3) is 0.100. The molecule has 2 rings (SSSR count). The Morgan fingerprint density at radius 1 is 1.33 bits per heavy atom. The molecular weight excluding hydrogens is 236 g/mol. The van der Waals surface area contributed by atoms with Crippen LogP contribution in [0.5, 0.6) is 0 Å². The Balaban J connectivity index is 2.68. The van der Waals surface area contributed by atoms with Gasteiger partial charge in [0.15, 0.2) is 3.95 Å². The lowest BCUT2D eigenvalue weighted by molar-refractivity contribution is 0.602. The number of aromatic nitrogens is 1. The highest BCUT2D eigenvalue weighted by Crippen LogP contribution is 2.28. The first kappa shape index (κ1) is 10.4. The van der Waals surface area contributed by atoms with Crippen LogP contribution in [0.15, 0.2) is 18.2 Å². The van der Waals surface area contributed by atoms with Crippen molar-refractivity contribution in [3.05, 3.63) is 38.7 Å². The summed E-state index contributed by atoms with van der Waals surface area (Å²) in [7, 11) is 0. The van der Waals surface area contributed by atoms with Gasteiger partial charge in [-0.2, -0.15) is 0 Å². The smallest absolute Gasteiger partial charge is 0.159 e. The quantitative estimate of drug-likeness (QED) is 0.747. The van der Waals surface area contributed by atoms with Gasteiger partial charge in [-0.3, -0.25) is 0 Å². The third-order valence-corrected chi connectivity index (χ3v) is 3.17. The van der Waals surface area contributed by atoms with Crippen LogP contribution >= 0.6 is 23.6 Å². The Hall–Kier alpha value is -1.07. The van der Waals surface area contributed by atoms with Crippen LogP contribution in [0.4, 0.5) is 8.78 Å². The van der Waals surface area contributed by atoms with Crippen molar-refractivity contribution in [3.8, 4) is 11.3 Å². The molecule has 0 radical (unpaired) electrons. The fourth-order valence-electron chi connectivity index (χ4n) is 1.35. The Morgan fingerprint density at radius 2 is 2.07 bits per heavy atom. The van der Waals surface area contributed by atoms with E-state index in [9.17, 15) is 8.78 Å². The first-order valence-corrected chi connectivity index (χ1v) is 5.45. The lowest BCUT2D eigenvalue weighted by Gasteiger charge is -2.01. The Kier molecular flexibility index (Phi) is 2.67. The van der Waals surface area contributed by atoms with Gasteiger partial charge in [-0.05, 0) is 37.3 Å². The summed E-state index contributed by atoms with van der Waals surface area (Å²) in [4.78, 5) is 3.71. The van der Waals surface area contributed by atoms with Crippen LogP contribution in [0, 0.1) is 22.5 Å². The molecule has 1 nitrogen and oxygen atoms in total. The number of benzene rings is 1. The maximum Gasteiger partial charge on any atom is 0.159 e. The van der Waals surface area contributed by atoms with E-state index in [-0.39, 0.29) is 5.56 Å². The third kappa shape index (κ3) is 1.98. The maximum absolute atomic E-state index is 13.4. The minimum Gasteiger partial charge on any atom is -0.337 e. The van der Waals surface area contributed by atoms with Gasteiger partial charge in [0.05, 0.1) is 5.69 Å². The zero-order valence-corrected chi connectivity index (χ0v) is 9.44. The van der Waals surface area contributed by atoms with Gasteiger partial charge in [-0.15, -0.1) is 11.3 Å². The van der Waals surface area contributed by atoms with Crippen LogP contribution < -0.4 is 0 Å². The van der Waals surface area contributed by atoms with Gasteiger partial charge in [0.2, 0.25) is 0 Å². The molecule has 0 unspecified atom stereocenters. The lowest BCUT2D eigenvalue weighted by atomic mass is 10.1.